The van der Waals surface area contributed by atoms with Gasteiger partial charge in [0.2, 0.25) is 0 Å². The highest BCUT2D eigenvalue weighted by Gasteiger charge is 2.23. The number of amides is 2. The van der Waals surface area contributed by atoms with Crippen molar-refractivity contribution in [3.63, 3.8) is 0 Å². The molecule has 0 saturated carbocycles. The van der Waals surface area contributed by atoms with E-state index in [2.05, 4.69) is 5.32 Å². The SMILES string of the molecule is CC(C)N(Cc1cc(Cl)ccc1OS(C)(=O)=O)C(=O)NC(C)(C)C. The van der Waals surface area contributed by atoms with Crippen molar-refractivity contribution in [3.05, 3.63) is 28.8 Å². The molecule has 0 radical (unpaired) electrons. The maximum atomic E-state index is 12.5. The zero-order valence-corrected chi connectivity index (χ0v) is 16.5. The lowest BCUT2D eigenvalue weighted by Crippen LogP contribution is -2.50. The van der Waals surface area contributed by atoms with Gasteiger partial charge in [0.15, 0.2) is 0 Å². The Balaban J connectivity index is 3.14. The number of carbonyl (C=O) groups is 1. The van der Waals surface area contributed by atoms with Crippen LogP contribution in [0.3, 0.4) is 0 Å². The molecule has 0 saturated heterocycles. The first-order valence-corrected chi connectivity index (χ1v) is 9.74. The van der Waals surface area contributed by atoms with Crippen molar-refractivity contribution in [1.82, 2.24) is 10.2 Å². The van der Waals surface area contributed by atoms with Crippen LogP contribution in [0, 0.1) is 0 Å². The third-order valence-corrected chi connectivity index (χ3v) is 3.69. The summed E-state index contributed by atoms with van der Waals surface area (Å²) in [7, 11) is -3.68. The van der Waals surface area contributed by atoms with E-state index < -0.39 is 10.1 Å². The third kappa shape index (κ3) is 6.97. The van der Waals surface area contributed by atoms with Crippen LogP contribution in [-0.4, -0.2) is 37.2 Å². The van der Waals surface area contributed by atoms with Gasteiger partial charge in [0.05, 0.1) is 12.8 Å². The topological polar surface area (TPSA) is 75.7 Å². The number of carbonyl (C=O) groups excluding carboxylic acids is 1. The molecule has 0 heterocycles. The summed E-state index contributed by atoms with van der Waals surface area (Å²) in [4.78, 5) is 14.1. The van der Waals surface area contributed by atoms with Crippen molar-refractivity contribution in [2.45, 2.75) is 52.7 Å². The van der Waals surface area contributed by atoms with E-state index in [1.807, 2.05) is 34.6 Å². The van der Waals surface area contributed by atoms with Crippen molar-refractivity contribution < 1.29 is 17.4 Å². The molecule has 0 aromatic heterocycles. The minimum atomic E-state index is -3.68. The summed E-state index contributed by atoms with van der Waals surface area (Å²) in [6.07, 6.45) is 0.970. The number of nitrogens with zero attached hydrogens (tertiary/aromatic N) is 1. The largest absolute Gasteiger partial charge is 0.382 e. The quantitative estimate of drug-likeness (QED) is 0.799. The van der Waals surface area contributed by atoms with Crippen LogP contribution in [0.4, 0.5) is 4.79 Å². The fourth-order valence-electron chi connectivity index (χ4n) is 1.98. The highest BCUT2D eigenvalue weighted by Crippen LogP contribution is 2.26. The number of hydrogen-bond donors (Lipinski definition) is 1. The van der Waals surface area contributed by atoms with E-state index in [1.165, 1.54) is 6.07 Å². The average molecular weight is 377 g/mol. The van der Waals surface area contributed by atoms with E-state index in [1.54, 1.807) is 17.0 Å². The molecule has 0 aliphatic heterocycles. The van der Waals surface area contributed by atoms with E-state index in [-0.39, 0.29) is 29.9 Å². The standard InChI is InChI=1S/C16H25ClN2O4S/c1-11(2)19(15(20)18-16(3,4)5)10-12-9-13(17)7-8-14(12)23-24(6,21)22/h7-9,11H,10H2,1-6H3,(H,18,20). The molecule has 6 nitrogen and oxygen atoms in total. The highest BCUT2D eigenvalue weighted by atomic mass is 35.5. The van der Waals surface area contributed by atoms with E-state index in [9.17, 15) is 13.2 Å². The first kappa shape index (κ1) is 20.6. The summed E-state index contributed by atoms with van der Waals surface area (Å²) >= 11 is 6.01. The third-order valence-electron chi connectivity index (χ3n) is 2.97. The molecule has 2 amide bonds. The van der Waals surface area contributed by atoms with Gasteiger partial charge in [-0.2, -0.15) is 8.42 Å². The normalized spacial score (nSPS) is 12.2. The predicted molar refractivity (Wildman–Crippen MR) is 95.9 cm³/mol. The lowest BCUT2D eigenvalue weighted by Gasteiger charge is -2.31. The molecular weight excluding hydrogens is 352 g/mol. The Bertz CT molecular complexity index is 697. The summed E-state index contributed by atoms with van der Waals surface area (Å²) in [5.41, 5.74) is 0.135. The molecule has 1 rings (SSSR count). The Kier molecular flexibility index (Phi) is 6.52. The van der Waals surface area contributed by atoms with Crippen molar-refractivity contribution in [1.29, 1.82) is 0 Å². The Hall–Kier alpha value is -1.47. The molecule has 1 aromatic carbocycles. The Morgan fingerprint density at radius 2 is 1.92 bits per heavy atom. The van der Waals surface area contributed by atoms with Gasteiger partial charge >= 0.3 is 16.1 Å². The van der Waals surface area contributed by atoms with Gasteiger partial charge < -0.3 is 14.4 Å². The summed E-state index contributed by atoms with van der Waals surface area (Å²) in [5.74, 6) is 0.163. The monoisotopic (exact) mass is 376 g/mol. The van der Waals surface area contributed by atoms with Crippen molar-refractivity contribution in [3.8, 4) is 5.75 Å². The summed E-state index contributed by atoms with van der Waals surface area (Å²) in [5, 5.41) is 3.33. The molecule has 0 aliphatic carbocycles. The summed E-state index contributed by atoms with van der Waals surface area (Å²) in [6, 6.07) is 4.28. The second-order valence-electron chi connectivity index (χ2n) is 6.94. The first-order chi connectivity index (χ1) is 10.8. The number of urea groups is 1. The van der Waals surface area contributed by atoms with Gasteiger partial charge in [0.25, 0.3) is 0 Å². The Morgan fingerprint density at radius 3 is 2.38 bits per heavy atom. The van der Waals surface area contributed by atoms with Gasteiger partial charge in [-0.15, -0.1) is 0 Å². The van der Waals surface area contributed by atoms with Crippen LogP contribution in [-0.2, 0) is 16.7 Å². The molecule has 8 heteroatoms. The fourth-order valence-corrected chi connectivity index (χ4v) is 2.66. The molecule has 0 spiro atoms. The van der Waals surface area contributed by atoms with E-state index >= 15 is 0 Å². The number of benzene rings is 1. The maximum absolute atomic E-state index is 12.5. The number of rotatable bonds is 5. The van der Waals surface area contributed by atoms with E-state index in [0.29, 0.717) is 10.6 Å². The highest BCUT2D eigenvalue weighted by molar-refractivity contribution is 7.86. The van der Waals surface area contributed by atoms with Gasteiger partial charge in [-0.3, -0.25) is 0 Å². The number of nitrogens with one attached hydrogen (secondary N) is 1. The smallest absolute Gasteiger partial charge is 0.318 e. The van der Waals surface area contributed by atoms with Crippen molar-refractivity contribution in [2.75, 3.05) is 6.26 Å². The molecule has 0 bridgehead atoms. The molecule has 136 valence electrons. The van der Waals surface area contributed by atoms with Gasteiger partial charge in [-0.25, -0.2) is 4.79 Å². The van der Waals surface area contributed by atoms with Gasteiger partial charge in [0.1, 0.15) is 5.75 Å². The molecule has 0 aliphatic rings. The Labute approximate surface area is 149 Å². The Morgan fingerprint density at radius 1 is 1.33 bits per heavy atom. The van der Waals surface area contributed by atoms with Crippen LogP contribution in [0.2, 0.25) is 5.02 Å². The predicted octanol–water partition coefficient (Wildman–Crippen LogP) is 3.40. The first-order valence-electron chi connectivity index (χ1n) is 7.55. The van der Waals surface area contributed by atoms with Crippen LogP contribution in [0.5, 0.6) is 5.75 Å². The van der Waals surface area contributed by atoms with Crippen LogP contribution < -0.4 is 9.50 Å². The number of halogens is 1. The lowest BCUT2D eigenvalue weighted by atomic mass is 10.1. The second-order valence-corrected chi connectivity index (χ2v) is 8.95. The lowest BCUT2D eigenvalue weighted by molar-refractivity contribution is 0.171. The van der Waals surface area contributed by atoms with Crippen LogP contribution in [0.1, 0.15) is 40.2 Å². The second kappa shape index (κ2) is 7.61. The maximum Gasteiger partial charge on any atom is 0.318 e. The minimum Gasteiger partial charge on any atom is -0.382 e. The molecule has 0 atom stereocenters. The van der Waals surface area contributed by atoms with Crippen LogP contribution in [0.25, 0.3) is 0 Å². The van der Waals surface area contributed by atoms with Gasteiger partial charge in [-0.05, 0) is 52.8 Å². The molecule has 1 aromatic rings. The average Bonchev–Trinajstić information content (AvgIpc) is 2.34. The zero-order chi connectivity index (χ0) is 18.7. The van der Waals surface area contributed by atoms with Crippen molar-refractivity contribution in [2.24, 2.45) is 0 Å². The van der Waals surface area contributed by atoms with Crippen LogP contribution in [0.15, 0.2) is 18.2 Å². The molecular formula is C16H25ClN2O4S. The molecule has 0 fully saturated rings. The van der Waals surface area contributed by atoms with Crippen molar-refractivity contribution >= 4 is 27.8 Å². The molecule has 24 heavy (non-hydrogen) atoms. The molecule has 1 N–H and O–H groups in total. The van der Waals surface area contributed by atoms with Gasteiger partial charge in [0, 0.05) is 22.2 Å². The minimum absolute atomic E-state index is 0.0996. The summed E-state index contributed by atoms with van der Waals surface area (Å²) < 4.78 is 27.9. The summed E-state index contributed by atoms with van der Waals surface area (Å²) in [6.45, 7) is 9.60. The zero-order valence-electron chi connectivity index (χ0n) is 14.9. The fraction of sp³-hybridized carbons (Fsp3) is 0.562. The van der Waals surface area contributed by atoms with Gasteiger partial charge in [-0.1, -0.05) is 11.6 Å². The molecule has 0 unspecified atom stereocenters. The van der Waals surface area contributed by atoms with E-state index in [0.717, 1.165) is 6.26 Å². The van der Waals surface area contributed by atoms with E-state index in [4.69, 9.17) is 15.8 Å². The van der Waals surface area contributed by atoms with Crippen LogP contribution >= 0.6 is 11.6 Å². The number of hydrogen-bond acceptors (Lipinski definition) is 4.